The molecule has 11 nitrogen and oxygen atoms in total. The van der Waals surface area contributed by atoms with E-state index in [1.165, 1.54) is 11.3 Å². The molecule has 1 aromatic carbocycles. The number of amides is 4. The van der Waals surface area contributed by atoms with Crippen molar-refractivity contribution in [1.82, 2.24) is 35.8 Å². The molecular formula is C31H39N7O4S. The van der Waals surface area contributed by atoms with E-state index in [9.17, 15) is 19.2 Å². The first kappa shape index (κ1) is 30.4. The fourth-order valence-electron chi connectivity index (χ4n) is 5.32. The minimum absolute atomic E-state index is 0.0196. The maximum absolute atomic E-state index is 13.7. The number of carbonyl (C=O) groups is 4. The summed E-state index contributed by atoms with van der Waals surface area (Å²) in [7, 11) is 0. The minimum atomic E-state index is -0.772. The second-order valence-corrected chi connectivity index (χ2v) is 12.7. The van der Waals surface area contributed by atoms with E-state index in [4.69, 9.17) is 0 Å². The van der Waals surface area contributed by atoms with Crippen LogP contribution in [0.15, 0.2) is 54.4 Å². The molecular weight excluding hydrogens is 566 g/mol. The Morgan fingerprint density at radius 1 is 1.12 bits per heavy atom. The van der Waals surface area contributed by atoms with Crippen molar-refractivity contribution in [3.05, 3.63) is 70.7 Å². The number of nitrogens with one attached hydrogen (secondary N) is 4. The molecule has 0 unspecified atom stereocenters. The van der Waals surface area contributed by atoms with Crippen LogP contribution in [-0.4, -0.2) is 56.8 Å². The van der Waals surface area contributed by atoms with Gasteiger partial charge in [0.2, 0.25) is 17.7 Å². The van der Waals surface area contributed by atoms with Gasteiger partial charge >= 0.3 is 0 Å². The Morgan fingerprint density at radius 3 is 2.60 bits per heavy atom. The smallest absolute Gasteiger partial charge is 0.271 e. The van der Waals surface area contributed by atoms with E-state index in [1.807, 2.05) is 54.9 Å². The second kappa shape index (κ2) is 13.5. The highest BCUT2D eigenvalue weighted by Gasteiger charge is 2.50. The molecule has 1 aliphatic carbocycles. The van der Waals surface area contributed by atoms with E-state index in [0.717, 1.165) is 18.4 Å². The van der Waals surface area contributed by atoms with Gasteiger partial charge in [-0.25, -0.2) is 9.97 Å². The molecule has 2 bridgehead atoms. The van der Waals surface area contributed by atoms with Crippen LogP contribution in [-0.2, 0) is 27.3 Å². The topological polar surface area (TPSA) is 147 Å². The first-order valence-electron chi connectivity index (χ1n) is 14.9. The quantitative estimate of drug-likeness (QED) is 0.326. The lowest BCUT2D eigenvalue weighted by molar-refractivity contribution is -0.133. The highest BCUT2D eigenvalue weighted by atomic mass is 32.1. The molecule has 12 heteroatoms. The number of benzene rings is 1. The van der Waals surface area contributed by atoms with Crippen LogP contribution in [0.1, 0.15) is 73.1 Å². The molecule has 4 amide bonds. The van der Waals surface area contributed by atoms with Crippen molar-refractivity contribution >= 4 is 35.0 Å². The first-order chi connectivity index (χ1) is 20.7. The number of imidazole rings is 1. The summed E-state index contributed by atoms with van der Waals surface area (Å²) in [5.74, 6) is -1.17. The summed E-state index contributed by atoms with van der Waals surface area (Å²) in [5.41, 5.74) is 0.573. The fourth-order valence-corrected chi connectivity index (χ4v) is 6.34. The predicted octanol–water partition coefficient (Wildman–Crippen LogP) is 2.76. The molecule has 2 aliphatic rings. The van der Waals surface area contributed by atoms with Crippen LogP contribution in [0.25, 0.3) is 0 Å². The maximum atomic E-state index is 13.7. The number of hydrogen-bond donors (Lipinski definition) is 4. The summed E-state index contributed by atoms with van der Waals surface area (Å²) in [5, 5.41) is 14.2. The molecule has 3 atom stereocenters. The lowest BCUT2D eigenvalue weighted by Crippen LogP contribution is -2.51. The van der Waals surface area contributed by atoms with Gasteiger partial charge in [-0.05, 0) is 43.6 Å². The van der Waals surface area contributed by atoms with Crippen molar-refractivity contribution in [1.29, 1.82) is 0 Å². The van der Waals surface area contributed by atoms with E-state index >= 15 is 0 Å². The minimum Gasteiger partial charge on any atom is -0.354 e. The van der Waals surface area contributed by atoms with Gasteiger partial charge in [-0.1, -0.05) is 44.2 Å². The Balaban J connectivity index is 1.35. The zero-order valence-corrected chi connectivity index (χ0v) is 25.4. The molecule has 1 fully saturated rings. The van der Waals surface area contributed by atoms with Crippen molar-refractivity contribution in [2.75, 3.05) is 6.54 Å². The molecule has 1 aliphatic heterocycles. The van der Waals surface area contributed by atoms with Crippen LogP contribution in [0.4, 0.5) is 0 Å². The molecule has 0 spiro atoms. The van der Waals surface area contributed by atoms with Gasteiger partial charge in [0.05, 0.1) is 17.8 Å². The van der Waals surface area contributed by atoms with Gasteiger partial charge in [0.1, 0.15) is 22.8 Å². The standard InChI is InChI=1S/C31H39N7O4S/c1-20(2)25-29-35-24(17-43-29)28(41)34-23(16-21-8-4-3-5-9-21)26(39)33-13-7-6-10-22(27(40)37-25)36-30(42)31(11-12-31)18-38-15-14-32-19-38/h3-5,8-9,14-15,17,19-20,22-23,25H,6-7,10-13,16,18H2,1-2H3,(H,33,39)(H,34,41)(H,36,42)(H,37,40)/t22-,23+,25+/m0/s1. The van der Waals surface area contributed by atoms with Gasteiger partial charge < -0.3 is 25.8 Å². The average molecular weight is 606 g/mol. The molecule has 3 heterocycles. The number of nitrogens with zero attached hydrogens (tertiary/aromatic N) is 3. The van der Waals surface area contributed by atoms with Gasteiger partial charge in [-0.3, -0.25) is 19.2 Å². The zero-order chi connectivity index (χ0) is 30.4. The summed E-state index contributed by atoms with van der Waals surface area (Å²) in [6.07, 6.45) is 8.70. The molecule has 43 heavy (non-hydrogen) atoms. The molecule has 4 N–H and O–H groups in total. The molecule has 2 aromatic heterocycles. The van der Waals surface area contributed by atoms with Crippen molar-refractivity contribution < 1.29 is 19.2 Å². The molecule has 228 valence electrons. The Kier molecular flexibility index (Phi) is 9.54. The molecule has 1 saturated carbocycles. The van der Waals surface area contributed by atoms with Crippen molar-refractivity contribution in [2.24, 2.45) is 11.3 Å². The van der Waals surface area contributed by atoms with Crippen LogP contribution in [0, 0.1) is 11.3 Å². The monoisotopic (exact) mass is 605 g/mol. The number of fused-ring (bicyclic) bond motifs is 2. The SMILES string of the molecule is CC(C)[C@H]1NC(=O)[C@@H](NC(=O)C2(Cn3ccnc3)CC2)CCCCNC(=O)[C@@H](Cc2ccccc2)NC(=O)c2csc1n2. The summed E-state index contributed by atoms with van der Waals surface area (Å²) >= 11 is 1.29. The van der Waals surface area contributed by atoms with Crippen molar-refractivity contribution in [3.63, 3.8) is 0 Å². The normalized spacial score (nSPS) is 22.8. The Hall–Kier alpha value is -4.06. The van der Waals surface area contributed by atoms with E-state index < -0.39 is 29.4 Å². The first-order valence-corrected chi connectivity index (χ1v) is 15.8. The van der Waals surface area contributed by atoms with E-state index in [0.29, 0.717) is 43.8 Å². The number of aromatic nitrogens is 3. The maximum Gasteiger partial charge on any atom is 0.271 e. The van der Waals surface area contributed by atoms with Gasteiger partial charge in [0, 0.05) is 37.3 Å². The Labute approximate surface area is 255 Å². The molecule has 0 saturated heterocycles. The highest BCUT2D eigenvalue weighted by Crippen LogP contribution is 2.47. The summed E-state index contributed by atoms with van der Waals surface area (Å²) in [6, 6.07) is 7.58. The molecule has 5 rings (SSSR count). The highest BCUT2D eigenvalue weighted by molar-refractivity contribution is 7.09. The van der Waals surface area contributed by atoms with Crippen LogP contribution in [0.5, 0.6) is 0 Å². The average Bonchev–Trinajstić information content (AvgIpc) is 3.34. The van der Waals surface area contributed by atoms with E-state index in [-0.39, 0.29) is 29.3 Å². The third-order valence-electron chi connectivity index (χ3n) is 8.11. The predicted molar refractivity (Wildman–Crippen MR) is 162 cm³/mol. The largest absolute Gasteiger partial charge is 0.354 e. The second-order valence-electron chi connectivity index (χ2n) is 11.8. The summed E-state index contributed by atoms with van der Waals surface area (Å²) < 4.78 is 1.89. The third kappa shape index (κ3) is 7.67. The van der Waals surface area contributed by atoms with E-state index in [1.54, 1.807) is 17.9 Å². The van der Waals surface area contributed by atoms with Gasteiger partial charge in [-0.2, -0.15) is 0 Å². The summed E-state index contributed by atoms with van der Waals surface area (Å²) in [4.78, 5) is 62.2. The third-order valence-corrected chi connectivity index (χ3v) is 9.04. The van der Waals surface area contributed by atoms with E-state index in [2.05, 4.69) is 31.2 Å². The zero-order valence-electron chi connectivity index (χ0n) is 24.5. The van der Waals surface area contributed by atoms with Crippen LogP contribution in [0.3, 0.4) is 0 Å². The fraction of sp³-hybridized carbons (Fsp3) is 0.484. The van der Waals surface area contributed by atoms with Crippen LogP contribution >= 0.6 is 11.3 Å². The van der Waals surface area contributed by atoms with Gasteiger partial charge in [0.25, 0.3) is 5.91 Å². The van der Waals surface area contributed by atoms with Crippen molar-refractivity contribution in [2.45, 2.75) is 77.0 Å². The summed E-state index contributed by atoms with van der Waals surface area (Å²) in [6.45, 7) is 4.84. The lowest BCUT2D eigenvalue weighted by Gasteiger charge is -2.26. The number of rotatable bonds is 7. The Morgan fingerprint density at radius 2 is 1.91 bits per heavy atom. The molecule has 3 aromatic rings. The Bertz CT molecular complexity index is 1420. The van der Waals surface area contributed by atoms with Crippen LogP contribution < -0.4 is 21.3 Å². The number of thiazole rings is 1. The molecule has 0 radical (unpaired) electrons. The number of carbonyl (C=O) groups excluding carboxylic acids is 4. The van der Waals surface area contributed by atoms with Crippen molar-refractivity contribution in [3.8, 4) is 0 Å². The van der Waals surface area contributed by atoms with Gasteiger partial charge in [-0.15, -0.1) is 11.3 Å². The number of hydrogen-bond acceptors (Lipinski definition) is 7. The van der Waals surface area contributed by atoms with Gasteiger partial charge in [0.15, 0.2) is 0 Å². The lowest BCUT2D eigenvalue weighted by atomic mass is 10.0. The van der Waals surface area contributed by atoms with Crippen LogP contribution in [0.2, 0.25) is 0 Å².